The molecule has 8 nitrogen and oxygen atoms in total. The van der Waals surface area contributed by atoms with E-state index < -0.39 is 0 Å². The fraction of sp³-hybridized carbons (Fsp3) is 0.400. The Morgan fingerprint density at radius 1 is 1.30 bits per heavy atom. The van der Waals surface area contributed by atoms with Crippen molar-refractivity contribution in [1.29, 1.82) is 0 Å². The summed E-state index contributed by atoms with van der Waals surface area (Å²) in [6.45, 7) is 6.58. The Kier molecular flexibility index (Phi) is 4.31. The third-order valence-corrected chi connectivity index (χ3v) is 3.26. The van der Waals surface area contributed by atoms with E-state index in [-0.39, 0.29) is 0 Å². The number of benzene rings is 1. The molecule has 2 heterocycles. The summed E-state index contributed by atoms with van der Waals surface area (Å²) < 4.78 is 6.93. The molecule has 0 aliphatic carbocycles. The first-order chi connectivity index (χ1) is 11.1. The van der Waals surface area contributed by atoms with E-state index in [1.54, 1.807) is 4.68 Å². The van der Waals surface area contributed by atoms with Crippen molar-refractivity contribution in [3.63, 3.8) is 0 Å². The molecule has 0 bridgehead atoms. The number of hydrogen-bond acceptors (Lipinski definition) is 7. The molecule has 8 heteroatoms. The zero-order valence-corrected chi connectivity index (χ0v) is 13.4. The van der Waals surface area contributed by atoms with Gasteiger partial charge >= 0.3 is 0 Å². The number of nitrogens with zero attached hydrogens (tertiary/aromatic N) is 6. The van der Waals surface area contributed by atoms with Crippen LogP contribution < -0.4 is 5.32 Å². The number of hydrogen-bond donors (Lipinski definition) is 1. The molecule has 0 amide bonds. The minimum absolute atomic E-state index is 0.475. The van der Waals surface area contributed by atoms with Crippen molar-refractivity contribution in [2.24, 2.45) is 5.92 Å². The van der Waals surface area contributed by atoms with E-state index in [0.717, 1.165) is 29.4 Å². The van der Waals surface area contributed by atoms with Crippen LogP contribution in [-0.2, 0) is 13.0 Å². The molecule has 0 aliphatic heterocycles. The molecular formula is C15H19N7O. The molecule has 0 aliphatic rings. The second-order valence-electron chi connectivity index (χ2n) is 5.74. The lowest BCUT2D eigenvalue weighted by Crippen LogP contribution is -2.03. The van der Waals surface area contributed by atoms with Crippen LogP contribution in [0.5, 0.6) is 0 Å². The molecule has 0 atom stereocenters. The molecular weight excluding hydrogens is 294 g/mol. The fourth-order valence-electron chi connectivity index (χ4n) is 2.21. The molecule has 2 aromatic heterocycles. The normalized spacial score (nSPS) is 11.1. The van der Waals surface area contributed by atoms with Gasteiger partial charge < -0.3 is 9.84 Å². The highest BCUT2D eigenvalue weighted by atomic mass is 16.5. The van der Waals surface area contributed by atoms with Gasteiger partial charge in [-0.05, 0) is 41.5 Å². The number of aryl methyl sites for hydroxylation is 1. The molecule has 23 heavy (non-hydrogen) atoms. The van der Waals surface area contributed by atoms with Gasteiger partial charge in [0.2, 0.25) is 5.89 Å². The van der Waals surface area contributed by atoms with Crippen LogP contribution in [-0.4, -0.2) is 30.3 Å². The molecule has 3 aromatic rings. The highest BCUT2D eigenvalue weighted by Gasteiger charge is 2.08. The lowest BCUT2D eigenvalue weighted by Gasteiger charge is -2.06. The maximum absolute atomic E-state index is 5.25. The first-order valence-electron chi connectivity index (χ1n) is 7.52. The van der Waals surface area contributed by atoms with Crippen molar-refractivity contribution in [2.75, 3.05) is 5.32 Å². The van der Waals surface area contributed by atoms with E-state index in [1.807, 2.05) is 31.2 Å². The third kappa shape index (κ3) is 3.71. The topological polar surface area (TPSA) is 94.6 Å². The van der Waals surface area contributed by atoms with Crippen molar-refractivity contribution in [2.45, 2.75) is 33.7 Å². The second kappa shape index (κ2) is 6.55. The smallest absolute Gasteiger partial charge is 0.245 e. The average molecular weight is 313 g/mol. The minimum Gasteiger partial charge on any atom is -0.376 e. The highest BCUT2D eigenvalue weighted by molar-refractivity contribution is 5.50. The van der Waals surface area contributed by atoms with Gasteiger partial charge in [0.25, 0.3) is 0 Å². The molecule has 1 aromatic carbocycles. The Morgan fingerprint density at radius 3 is 2.91 bits per heavy atom. The first kappa shape index (κ1) is 15.1. The van der Waals surface area contributed by atoms with Crippen molar-refractivity contribution in [3.05, 3.63) is 41.8 Å². The van der Waals surface area contributed by atoms with Crippen LogP contribution in [0.1, 0.15) is 31.4 Å². The Morgan fingerprint density at radius 2 is 2.17 bits per heavy atom. The Bertz CT molecular complexity index is 777. The van der Waals surface area contributed by atoms with Gasteiger partial charge in [0, 0.05) is 12.1 Å². The predicted octanol–water partition coefficient (Wildman–Crippen LogP) is 2.16. The van der Waals surface area contributed by atoms with Crippen LogP contribution in [0.2, 0.25) is 0 Å². The van der Waals surface area contributed by atoms with Gasteiger partial charge in [-0.1, -0.05) is 25.1 Å². The van der Waals surface area contributed by atoms with Crippen molar-refractivity contribution in [1.82, 2.24) is 30.3 Å². The molecule has 3 rings (SSSR count). The van der Waals surface area contributed by atoms with Crippen LogP contribution in [0, 0.1) is 12.8 Å². The zero-order chi connectivity index (χ0) is 16.2. The molecule has 0 unspecified atom stereocenters. The molecule has 120 valence electrons. The zero-order valence-electron chi connectivity index (χ0n) is 13.4. The molecule has 1 N–H and O–H groups in total. The van der Waals surface area contributed by atoms with Crippen molar-refractivity contribution >= 4 is 5.69 Å². The summed E-state index contributed by atoms with van der Waals surface area (Å²) in [7, 11) is 0. The van der Waals surface area contributed by atoms with Crippen LogP contribution in [0.4, 0.5) is 5.69 Å². The quantitative estimate of drug-likeness (QED) is 0.745. The Balaban J connectivity index is 1.67. The SMILES string of the molecule is Cc1nnnn1-c1cccc(NCc2nc(CC(C)C)no2)c1. The number of rotatable bonds is 6. The van der Waals surface area contributed by atoms with Crippen LogP contribution in [0.15, 0.2) is 28.8 Å². The van der Waals surface area contributed by atoms with E-state index in [9.17, 15) is 0 Å². The number of tetrazole rings is 1. The summed E-state index contributed by atoms with van der Waals surface area (Å²) >= 11 is 0. The summed E-state index contributed by atoms with van der Waals surface area (Å²) in [6.07, 6.45) is 0.817. The second-order valence-corrected chi connectivity index (χ2v) is 5.74. The standard InChI is InChI=1S/C15H19N7O/c1-10(2)7-14-17-15(23-19-14)9-16-12-5-4-6-13(8-12)22-11(3)18-20-21-22/h4-6,8,10,16H,7,9H2,1-3H3. The van der Waals surface area contributed by atoms with Crippen LogP contribution in [0.25, 0.3) is 5.69 Å². The number of nitrogens with one attached hydrogen (secondary N) is 1. The number of anilines is 1. The van der Waals surface area contributed by atoms with Gasteiger partial charge in [0.05, 0.1) is 12.2 Å². The van der Waals surface area contributed by atoms with Crippen LogP contribution >= 0.6 is 0 Å². The maximum atomic E-state index is 5.25. The van der Waals surface area contributed by atoms with Crippen molar-refractivity contribution < 1.29 is 4.52 Å². The summed E-state index contributed by atoms with van der Waals surface area (Å²) in [4.78, 5) is 4.37. The number of aromatic nitrogens is 6. The molecule has 0 spiro atoms. The highest BCUT2D eigenvalue weighted by Crippen LogP contribution is 2.15. The maximum Gasteiger partial charge on any atom is 0.245 e. The minimum atomic E-state index is 0.475. The van der Waals surface area contributed by atoms with Gasteiger partial charge in [0.1, 0.15) is 0 Å². The van der Waals surface area contributed by atoms with E-state index in [1.165, 1.54) is 0 Å². The van der Waals surface area contributed by atoms with Crippen LogP contribution in [0.3, 0.4) is 0 Å². The first-order valence-corrected chi connectivity index (χ1v) is 7.52. The summed E-state index contributed by atoms with van der Waals surface area (Å²) in [5, 5.41) is 18.8. The molecule has 0 fully saturated rings. The van der Waals surface area contributed by atoms with E-state index in [2.05, 4.69) is 44.8 Å². The van der Waals surface area contributed by atoms with Gasteiger partial charge in [-0.25, -0.2) is 0 Å². The van der Waals surface area contributed by atoms with E-state index >= 15 is 0 Å². The Labute approximate surface area is 133 Å². The summed E-state index contributed by atoms with van der Waals surface area (Å²) in [5.41, 5.74) is 1.82. The molecule has 0 saturated heterocycles. The monoisotopic (exact) mass is 313 g/mol. The Hall–Kier alpha value is -2.77. The fourth-order valence-corrected chi connectivity index (χ4v) is 2.21. The van der Waals surface area contributed by atoms with E-state index in [0.29, 0.717) is 18.4 Å². The lowest BCUT2D eigenvalue weighted by atomic mass is 10.1. The third-order valence-electron chi connectivity index (χ3n) is 3.26. The molecule has 0 radical (unpaired) electrons. The summed E-state index contributed by atoms with van der Waals surface area (Å²) in [6, 6.07) is 7.82. The largest absolute Gasteiger partial charge is 0.376 e. The van der Waals surface area contributed by atoms with Gasteiger partial charge in [-0.2, -0.15) is 9.67 Å². The average Bonchev–Trinajstić information content (AvgIpc) is 3.14. The lowest BCUT2D eigenvalue weighted by molar-refractivity contribution is 0.375. The van der Waals surface area contributed by atoms with Gasteiger partial charge in [-0.3, -0.25) is 0 Å². The summed E-state index contributed by atoms with van der Waals surface area (Å²) in [5.74, 6) is 2.56. The van der Waals surface area contributed by atoms with E-state index in [4.69, 9.17) is 4.52 Å². The van der Waals surface area contributed by atoms with Gasteiger partial charge in [-0.15, -0.1) is 5.10 Å². The van der Waals surface area contributed by atoms with Gasteiger partial charge in [0.15, 0.2) is 11.6 Å². The molecule has 0 saturated carbocycles. The predicted molar refractivity (Wildman–Crippen MR) is 84.1 cm³/mol. The van der Waals surface area contributed by atoms with Crippen molar-refractivity contribution in [3.8, 4) is 5.69 Å².